The maximum atomic E-state index is 12.5. The van der Waals surface area contributed by atoms with Gasteiger partial charge in [-0.15, -0.1) is 0 Å². The standard InChI is InChI=1S/C16H18F2N2O4S2/c1-20(2)13-5-3-12(4-6-13)11-19-26(23,24)15-9-7-14(8-10-15)25(21,22)16(17)18/h3-10,16,19H,11H2,1-2H3. The highest BCUT2D eigenvalue weighted by atomic mass is 32.2. The molecule has 0 radical (unpaired) electrons. The minimum Gasteiger partial charge on any atom is -0.378 e. The van der Waals surface area contributed by atoms with Crippen LogP contribution in [0, 0.1) is 0 Å². The number of hydrogen-bond donors (Lipinski definition) is 1. The Balaban J connectivity index is 2.12. The summed E-state index contributed by atoms with van der Waals surface area (Å²) in [6.07, 6.45) is 0. The van der Waals surface area contributed by atoms with Crippen LogP contribution in [0.25, 0.3) is 0 Å². The zero-order valence-electron chi connectivity index (χ0n) is 14.1. The molecule has 0 aliphatic carbocycles. The Morgan fingerprint density at radius 3 is 1.85 bits per heavy atom. The van der Waals surface area contributed by atoms with E-state index in [1.54, 1.807) is 12.1 Å². The first-order chi connectivity index (χ1) is 12.0. The monoisotopic (exact) mass is 404 g/mol. The number of halogens is 2. The van der Waals surface area contributed by atoms with E-state index in [2.05, 4.69) is 4.72 Å². The number of benzene rings is 2. The quantitative estimate of drug-likeness (QED) is 0.765. The zero-order chi connectivity index (χ0) is 19.5. The molecular weight excluding hydrogens is 386 g/mol. The normalized spacial score (nSPS) is 12.3. The molecule has 142 valence electrons. The molecule has 0 atom stereocenters. The van der Waals surface area contributed by atoms with Crippen LogP contribution in [-0.2, 0) is 26.4 Å². The maximum Gasteiger partial charge on any atom is 0.341 e. The lowest BCUT2D eigenvalue weighted by Crippen LogP contribution is -2.23. The van der Waals surface area contributed by atoms with Crippen LogP contribution in [0.1, 0.15) is 5.56 Å². The van der Waals surface area contributed by atoms with E-state index in [0.717, 1.165) is 35.5 Å². The van der Waals surface area contributed by atoms with Crippen LogP contribution in [0.5, 0.6) is 0 Å². The second-order valence-corrected chi connectivity index (χ2v) is 9.35. The Bertz CT molecular complexity index is 956. The number of alkyl halides is 2. The van der Waals surface area contributed by atoms with Crippen LogP contribution in [0.15, 0.2) is 58.3 Å². The number of rotatable bonds is 7. The number of nitrogens with one attached hydrogen (secondary N) is 1. The van der Waals surface area contributed by atoms with Gasteiger partial charge in [-0.05, 0) is 42.0 Å². The molecule has 0 saturated heterocycles. The van der Waals surface area contributed by atoms with E-state index >= 15 is 0 Å². The van der Waals surface area contributed by atoms with E-state index in [0.29, 0.717) is 0 Å². The van der Waals surface area contributed by atoms with Crippen molar-refractivity contribution in [2.75, 3.05) is 19.0 Å². The number of hydrogen-bond acceptors (Lipinski definition) is 5. The third-order valence-corrected chi connectivity index (χ3v) is 6.43. The van der Waals surface area contributed by atoms with Crippen molar-refractivity contribution in [2.45, 2.75) is 22.1 Å². The third-order valence-electron chi connectivity index (χ3n) is 3.62. The molecule has 0 aromatic heterocycles. The fraction of sp³-hybridized carbons (Fsp3) is 0.250. The second-order valence-electron chi connectivity index (χ2n) is 5.66. The molecule has 0 saturated carbocycles. The molecule has 2 aromatic rings. The van der Waals surface area contributed by atoms with Crippen LogP contribution < -0.4 is 9.62 Å². The van der Waals surface area contributed by atoms with E-state index in [1.807, 2.05) is 31.1 Å². The highest BCUT2D eigenvalue weighted by molar-refractivity contribution is 7.91. The van der Waals surface area contributed by atoms with Crippen molar-refractivity contribution in [1.29, 1.82) is 0 Å². The SMILES string of the molecule is CN(C)c1ccc(CNS(=O)(=O)c2ccc(S(=O)(=O)C(F)F)cc2)cc1. The minimum absolute atomic E-state index is 0.0348. The lowest BCUT2D eigenvalue weighted by molar-refractivity contribution is 0.234. The fourth-order valence-electron chi connectivity index (χ4n) is 2.08. The van der Waals surface area contributed by atoms with Gasteiger partial charge >= 0.3 is 5.76 Å². The summed E-state index contributed by atoms with van der Waals surface area (Å²) in [6.45, 7) is 0.0348. The molecule has 0 aliphatic rings. The predicted octanol–water partition coefficient (Wildman–Crippen LogP) is 2.23. The van der Waals surface area contributed by atoms with E-state index in [4.69, 9.17) is 0 Å². The summed E-state index contributed by atoms with van der Waals surface area (Å²) in [4.78, 5) is 1.06. The zero-order valence-corrected chi connectivity index (χ0v) is 15.7. The van der Waals surface area contributed by atoms with Crippen molar-refractivity contribution in [2.24, 2.45) is 0 Å². The first-order valence-electron chi connectivity index (χ1n) is 7.42. The van der Waals surface area contributed by atoms with Crippen molar-refractivity contribution in [3.8, 4) is 0 Å². The van der Waals surface area contributed by atoms with Gasteiger partial charge in [-0.1, -0.05) is 12.1 Å². The van der Waals surface area contributed by atoms with Crippen molar-refractivity contribution >= 4 is 25.5 Å². The molecule has 1 N–H and O–H groups in total. The van der Waals surface area contributed by atoms with Gasteiger partial charge in [-0.3, -0.25) is 0 Å². The van der Waals surface area contributed by atoms with Gasteiger partial charge in [0, 0.05) is 26.3 Å². The van der Waals surface area contributed by atoms with Crippen LogP contribution in [0.3, 0.4) is 0 Å². The van der Waals surface area contributed by atoms with Crippen molar-refractivity contribution in [1.82, 2.24) is 4.72 Å². The third kappa shape index (κ3) is 4.57. The summed E-state index contributed by atoms with van der Waals surface area (Å²) < 4.78 is 74.6. The lowest BCUT2D eigenvalue weighted by Gasteiger charge is -2.13. The van der Waals surface area contributed by atoms with Crippen LogP contribution in [0.4, 0.5) is 14.5 Å². The largest absolute Gasteiger partial charge is 0.378 e. The summed E-state index contributed by atoms with van der Waals surface area (Å²) in [7, 11) is -4.90. The summed E-state index contributed by atoms with van der Waals surface area (Å²) in [5.41, 5.74) is 1.70. The fourth-order valence-corrected chi connectivity index (χ4v) is 3.82. The molecule has 6 nitrogen and oxygen atoms in total. The molecule has 0 unspecified atom stereocenters. The molecule has 0 bridgehead atoms. The van der Waals surface area contributed by atoms with E-state index in [-0.39, 0.29) is 11.4 Å². The molecule has 0 spiro atoms. The Kier molecular flexibility index (Phi) is 5.99. The molecule has 26 heavy (non-hydrogen) atoms. The van der Waals surface area contributed by atoms with Gasteiger partial charge in [0.25, 0.3) is 0 Å². The van der Waals surface area contributed by atoms with Gasteiger partial charge in [0.05, 0.1) is 9.79 Å². The number of anilines is 1. The molecule has 0 amide bonds. The van der Waals surface area contributed by atoms with Gasteiger partial charge in [0.2, 0.25) is 19.9 Å². The molecule has 0 heterocycles. The first kappa shape index (κ1) is 20.3. The van der Waals surface area contributed by atoms with E-state index < -0.39 is 30.5 Å². The Labute approximate surface area is 151 Å². The predicted molar refractivity (Wildman–Crippen MR) is 94.4 cm³/mol. The van der Waals surface area contributed by atoms with Gasteiger partial charge in [-0.25, -0.2) is 21.6 Å². The lowest BCUT2D eigenvalue weighted by atomic mass is 10.2. The van der Waals surface area contributed by atoms with Crippen molar-refractivity contribution < 1.29 is 25.6 Å². The summed E-state index contributed by atoms with van der Waals surface area (Å²) in [5, 5.41) is 0. The maximum absolute atomic E-state index is 12.5. The minimum atomic E-state index is -4.76. The molecule has 10 heteroatoms. The molecular formula is C16H18F2N2O4S2. The van der Waals surface area contributed by atoms with Crippen molar-refractivity contribution in [3.63, 3.8) is 0 Å². The number of nitrogens with zero attached hydrogens (tertiary/aromatic N) is 1. The van der Waals surface area contributed by atoms with Gasteiger partial charge in [-0.2, -0.15) is 8.78 Å². The van der Waals surface area contributed by atoms with E-state index in [1.165, 1.54) is 0 Å². The topological polar surface area (TPSA) is 83.6 Å². The first-order valence-corrected chi connectivity index (χ1v) is 10.4. The van der Waals surface area contributed by atoms with Crippen LogP contribution in [0.2, 0.25) is 0 Å². The average Bonchev–Trinajstić information content (AvgIpc) is 2.60. The summed E-state index contributed by atoms with van der Waals surface area (Å²) in [5.74, 6) is -3.56. The Morgan fingerprint density at radius 1 is 0.885 bits per heavy atom. The number of sulfone groups is 1. The van der Waals surface area contributed by atoms with Gasteiger partial charge in [0.15, 0.2) is 0 Å². The van der Waals surface area contributed by atoms with E-state index in [9.17, 15) is 25.6 Å². The van der Waals surface area contributed by atoms with Crippen LogP contribution in [-0.4, -0.2) is 36.7 Å². The molecule has 2 aromatic carbocycles. The molecule has 2 rings (SSSR count). The Hall–Kier alpha value is -2.04. The smallest absolute Gasteiger partial charge is 0.341 e. The Morgan fingerprint density at radius 2 is 1.38 bits per heavy atom. The van der Waals surface area contributed by atoms with Crippen LogP contribution >= 0.6 is 0 Å². The summed E-state index contributed by atoms with van der Waals surface area (Å²) in [6, 6.07) is 10.9. The highest BCUT2D eigenvalue weighted by Gasteiger charge is 2.27. The number of sulfonamides is 1. The van der Waals surface area contributed by atoms with Crippen molar-refractivity contribution in [3.05, 3.63) is 54.1 Å². The van der Waals surface area contributed by atoms with Gasteiger partial charge in [0.1, 0.15) is 0 Å². The molecule has 0 aliphatic heterocycles. The average molecular weight is 404 g/mol. The molecule has 0 fully saturated rings. The van der Waals surface area contributed by atoms with Gasteiger partial charge < -0.3 is 4.90 Å². The second kappa shape index (κ2) is 7.68. The summed E-state index contributed by atoms with van der Waals surface area (Å²) >= 11 is 0. The highest BCUT2D eigenvalue weighted by Crippen LogP contribution is 2.20.